The van der Waals surface area contributed by atoms with Crippen molar-refractivity contribution in [3.63, 3.8) is 0 Å². The monoisotopic (exact) mass is 580 g/mol. The minimum atomic E-state index is -2.56. The van der Waals surface area contributed by atoms with E-state index in [1.54, 1.807) is 0 Å². The van der Waals surface area contributed by atoms with Crippen LogP contribution < -0.4 is 14.2 Å². The third-order valence-electron chi connectivity index (χ3n) is 8.42. The van der Waals surface area contributed by atoms with E-state index in [-0.39, 0.29) is 30.5 Å². The third kappa shape index (κ3) is 6.33. The maximum Gasteiger partial charge on any atom is 0.304 e. The first-order chi connectivity index (χ1) is 19.7. The van der Waals surface area contributed by atoms with Crippen LogP contribution in [0.5, 0.6) is 17.2 Å². The van der Waals surface area contributed by atoms with E-state index < -0.39 is 22.2 Å². The number of ether oxygens (including phenoxy) is 3. The summed E-state index contributed by atoms with van der Waals surface area (Å²) in [4.78, 5) is 11.1. The van der Waals surface area contributed by atoms with E-state index in [4.69, 9.17) is 19.3 Å². The van der Waals surface area contributed by atoms with Crippen molar-refractivity contribution in [3.8, 4) is 28.4 Å². The zero-order valence-electron chi connectivity index (χ0n) is 22.9. The first-order valence-electron chi connectivity index (χ1n) is 14.1. The van der Waals surface area contributed by atoms with Crippen LogP contribution in [0.3, 0.4) is 0 Å². The summed E-state index contributed by atoms with van der Waals surface area (Å²) < 4.78 is 37.6. The quantitative estimate of drug-likeness (QED) is 0.255. The van der Waals surface area contributed by atoms with Crippen LogP contribution in [0.1, 0.15) is 53.9 Å². The molecule has 2 heterocycles. The number of carboxylic acid groups (broad SMARTS) is 1. The Morgan fingerprint density at radius 1 is 0.927 bits per heavy atom. The standard InChI is InChI=1S/C32H36O8S/c33-31(34)16-24-19-39-30-17-26(7-9-28(24)30)38-18-21-4-5-22-2-1-3-23-15-25(6-8-27(23)29(22)14-21)40-20-32(35)10-12-41(36,37)13-11-32/h4-9,14-15,17,24,35-37H,1-3,10-13,16,18-20H2,(H,33,34)/t24-/m1/s1. The van der Waals surface area contributed by atoms with Crippen molar-refractivity contribution in [1.82, 2.24) is 0 Å². The normalized spacial score (nSPS) is 20.9. The molecule has 0 aromatic heterocycles. The fraction of sp³-hybridized carbons (Fsp3) is 0.406. The molecule has 0 radical (unpaired) electrons. The number of fused-ring (bicyclic) bond motifs is 4. The Balaban J connectivity index is 1.14. The van der Waals surface area contributed by atoms with E-state index in [1.807, 2.05) is 24.3 Å². The summed E-state index contributed by atoms with van der Waals surface area (Å²) in [6.45, 7) is 0.898. The molecule has 2 aliphatic heterocycles. The lowest BCUT2D eigenvalue weighted by molar-refractivity contribution is -0.137. The highest BCUT2D eigenvalue weighted by Crippen LogP contribution is 2.47. The molecule has 0 saturated carbocycles. The zero-order chi connectivity index (χ0) is 28.6. The Kier molecular flexibility index (Phi) is 7.63. The maximum absolute atomic E-state index is 11.1. The van der Waals surface area contributed by atoms with Gasteiger partial charge in [-0.25, -0.2) is 0 Å². The number of benzene rings is 3. The van der Waals surface area contributed by atoms with E-state index in [0.29, 0.717) is 43.3 Å². The van der Waals surface area contributed by atoms with Gasteiger partial charge in [-0.3, -0.25) is 13.9 Å². The number of carbonyl (C=O) groups is 1. The first-order valence-corrected chi connectivity index (χ1v) is 16.0. The Hall–Kier alpha value is -3.24. The lowest BCUT2D eigenvalue weighted by Gasteiger charge is -2.43. The summed E-state index contributed by atoms with van der Waals surface area (Å²) in [5, 5.41) is 20.0. The average Bonchev–Trinajstić information content (AvgIpc) is 3.24. The molecule has 4 N–H and O–H groups in total. The average molecular weight is 581 g/mol. The molecular formula is C32H36O8S. The van der Waals surface area contributed by atoms with E-state index in [9.17, 15) is 19.0 Å². The van der Waals surface area contributed by atoms with Crippen molar-refractivity contribution in [2.75, 3.05) is 24.7 Å². The smallest absolute Gasteiger partial charge is 0.304 e. The molecule has 1 atom stereocenters. The number of aliphatic hydroxyl groups is 1. The Labute approximate surface area is 241 Å². The summed E-state index contributed by atoms with van der Waals surface area (Å²) in [5.74, 6) is 1.55. The minimum absolute atomic E-state index is 0.0518. The molecule has 1 fully saturated rings. The van der Waals surface area contributed by atoms with Gasteiger partial charge in [0.15, 0.2) is 0 Å². The molecule has 6 rings (SSSR count). The molecule has 3 aromatic carbocycles. The fourth-order valence-electron chi connectivity index (χ4n) is 5.97. The van der Waals surface area contributed by atoms with Gasteiger partial charge in [0.25, 0.3) is 0 Å². The largest absolute Gasteiger partial charge is 0.492 e. The van der Waals surface area contributed by atoms with E-state index in [1.165, 1.54) is 22.3 Å². The summed E-state index contributed by atoms with van der Waals surface area (Å²) >= 11 is 0. The van der Waals surface area contributed by atoms with Gasteiger partial charge in [0, 0.05) is 29.1 Å². The highest BCUT2D eigenvalue weighted by Gasteiger charge is 2.36. The number of hydrogen-bond donors (Lipinski definition) is 4. The van der Waals surface area contributed by atoms with Gasteiger partial charge in [0.1, 0.15) is 36.1 Å². The summed E-state index contributed by atoms with van der Waals surface area (Å²) in [7, 11) is -2.56. The van der Waals surface area contributed by atoms with Crippen LogP contribution in [-0.2, 0) is 24.2 Å². The molecule has 3 aromatic rings. The number of aryl methyl sites for hydroxylation is 2. The van der Waals surface area contributed by atoms with Gasteiger partial charge < -0.3 is 24.4 Å². The van der Waals surface area contributed by atoms with Crippen LogP contribution in [0.25, 0.3) is 11.1 Å². The summed E-state index contributed by atoms with van der Waals surface area (Å²) in [6, 6.07) is 18.2. The lowest BCUT2D eigenvalue weighted by atomic mass is 9.94. The van der Waals surface area contributed by atoms with Gasteiger partial charge in [0.05, 0.1) is 13.0 Å². The SMILES string of the molecule is O=C(O)C[C@@H]1COc2cc(OCc3ccc4c(c3)-c3ccc(OCC5(O)CCS(O)(O)CC5)cc3CCC4)ccc21. The van der Waals surface area contributed by atoms with E-state index >= 15 is 0 Å². The molecule has 3 aliphatic rings. The minimum Gasteiger partial charge on any atom is -0.492 e. The number of carboxylic acids is 1. The Morgan fingerprint density at radius 3 is 2.49 bits per heavy atom. The second kappa shape index (κ2) is 11.2. The Bertz CT molecular complexity index is 1440. The first kappa shape index (κ1) is 27.9. The molecule has 41 heavy (non-hydrogen) atoms. The molecular weight excluding hydrogens is 544 g/mol. The zero-order valence-corrected chi connectivity index (χ0v) is 23.7. The van der Waals surface area contributed by atoms with Crippen LogP contribution in [0.2, 0.25) is 0 Å². The van der Waals surface area contributed by atoms with Crippen LogP contribution in [0.15, 0.2) is 54.6 Å². The van der Waals surface area contributed by atoms with Crippen molar-refractivity contribution in [2.24, 2.45) is 0 Å². The van der Waals surface area contributed by atoms with E-state index in [0.717, 1.165) is 30.4 Å². The van der Waals surface area contributed by atoms with Crippen LogP contribution in [0.4, 0.5) is 0 Å². The van der Waals surface area contributed by atoms with Gasteiger partial charge in [-0.05, 0) is 84.2 Å². The Morgan fingerprint density at radius 2 is 1.68 bits per heavy atom. The van der Waals surface area contributed by atoms with Crippen molar-refractivity contribution in [3.05, 3.63) is 76.9 Å². The molecule has 0 spiro atoms. The molecule has 9 heteroatoms. The fourth-order valence-corrected chi connectivity index (χ4v) is 7.59. The summed E-state index contributed by atoms with van der Waals surface area (Å²) in [5.41, 5.74) is 5.79. The number of aliphatic carboxylic acids is 1. The molecule has 8 nitrogen and oxygen atoms in total. The molecule has 1 saturated heterocycles. The predicted molar refractivity (Wildman–Crippen MR) is 157 cm³/mol. The summed E-state index contributed by atoms with van der Waals surface area (Å²) in [6.07, 6.45) is 3.63. The second-order valence-corrected chi connectivity index (χ2v) is 13.9. The van der Waals surface area contributed by atoms with Crippen molar-refractivity contribution >= 4 is 16.6 Å². The molecule has 0 unspecified atom stereocenters. The molecule has 1 aliphatic carbocycles. The van der Waals surface area contributed by atoms with Gasteiger partial charge in [0.2, 0.25) is 0 Å². The predicted octanol–water partition coefficient (Wildman–Crippen LogP) is 6.03. The van der Waals surface area contributed by atoms with Crippen molar-refractivity contribution in [1.29, 1.82) is 0 Å². The van der Waals surface area contributed by atoms with Gasteiger partial charge in [-0.1, -0.05) is 24.3 Å². The number of rotatable bonds is 8. The maximum atomic E-state index is 11.1. The lowest BCUT2D eigenvalue weighted by Crippen LogP contribution is -2.42. The van der Waals surface area contributed by atoms with Crippen LogP contribution in [0, 0.1) is 0 Å². The topological polar surface area (TPSA) is 126 Å². The second-order valence-electron chi connectivity index (χ2n) is 11.5. The van der Waals surface area contributed by atoms with Crippen molar-refractivity contribution < 1.29 is 38.3 Å². The van der Waals surface area contributed by atoms with Gasteiger partial charge >= 0.3 is 5.97 Å². The van der Waals surface area contributed by atoms with Crippen LogP contribution >= 0.6 is 10.6 Å². The molecule has 0 bridgehead atoms. The van der Waals surface area contributed by atoms with Gasteiger partial charge in [-0.2, -0.15) is 10.6 Å². The van der Waals surface area contributed by atoms with Crippen LogP contribution in [-0.4, -0.2) is 55.6 Å². The number of hydrogen-bond acceptors (Lipinski definition) is 7. The highest BCUT2D eigenvalue weighted by molar-refractivity contribution is 8.24. The third-order valence-corrected chi connectivity index (χ3v) is 10.1. The molecule has 218 valence electrons. The highest BCUT2D eigenvalue weighted by atomic mass is 32.3. The van der Waals surface area contributed by atoms with Gasteiger partial charge in [-0.15, -0.1) is 0 Å². The van der Waals surface area contributed by atoms with Crippen molar-refractivity contribution in [2.45, 2.75) is 56.7 Å². The van der Waals surface area contributed by atoms with E-state index in [2.05, 4.69) is 30.3 Å². The molecule has 0 amide bonds.